The Bertz CT molecular complexity index is 581. The van der Waals surface area contributed by atoms with Crippen LogP contribution in [0.5, 0.6) is 5.75 Å². The maximum atomic E-state index is 6.31. The molecule has 0 fully saturated rings. The number of benzene rings is 2. The number of nitrogens with two attached hydrogens (primary N) is 1. The zero-order chi connectivity index (χ0) is 14.0. The lowest BCUT2D eigenvalue weighted by Crippen LogP contribution is -2.40. The van der Waals surface area contributed by atoms with Crippen LogP contribution in [0.1, 0.15) is 36.9 Å². The highest BCUT2D eigenvalue weighted by Crippen LogP contribution is 2.40. The molecule has 0 radical (unpaired) electrons. The van der Waals surface area contributed by atoms with Gasteiger partial charge in [0, 0.05) is 18.0 Å². The summed E-state index contributed by atoms with van der Waals surface area (Å²) in [6, 6.07) is 18.7. The Morgan fingerprint density at radius 2 is 1.80 bits per heavy atom. The van der Waals surface area contributed by atoms with Gasteiger partial charge in [0.05, 0.1) is 0 Å². The maximum Gasteiger partial charge on any atom is 0.124 e. The van der Waals surface area contributed by atoms with Crippen LogP contribution in [-0.4, -0.2) is 5.60 Å². The van der Waals surface area contributed by atoms with Crippen molar-refractivity contribution in [2.75, 3.05) is 0 Å². The lowest BCUT2D eigenvalue weighted by Gasteiger charge is -2.39. The van der Waals surface area contributed by atoms with Crippen molar-refractivity contribution in [3.05, 3.63) is 65.7 Å². The Balaban J connectivity index is 1.74. The van der Waals surface area contributed by atoms with Crippen LogP contribution in [0.2, 0.25) is 0 Å². The van der Waals surface area contributed by atoms with E-state index in [9.17, 15) is 0 Å². The molecule has 0 spiro atoms. The molecule has 0 amide bonds. The van der Waals surface area contributed by atoms with E-state index in [0.717, 1.165) is 30.6 Å². The maximum absolute atomic E-state index is 6.31. The molecule has 1 aliphatic rings. The monoisotopic (exact) mass is 267 g/mol. The fourth-order valence-electron chi connectivity index (χ4n) is 2.97. The summed E-state index contributed by atoms with van der Waals surface area (Å²) in [7, 11) is 0. The van der Waals surface area contributed by atoms with E-state index < -0.39 is 0 Å². The quantitative estimate of drug-likeness (QED) is 0.916. The molecule has 20 heavy (non-hydrogen) atoms. The van der Waals surface area contributed by atoms with Crippen LogP contribution in [0.4, 0.5) is 0 Å². The van der Waals surface area contributed by atoms with Crippen molar-refractivity contribution < 1.29 is 4.74 Å². The van der Waals surface area contributed by atoms with E-state index in [1.807, 2.05) is 18.2 Å². The summed E-state index contributed by atoms with van der Waals surface area (Å²) < 4.78 is 6.23. The first-order valence-corrected chi connectivity index (χ1v) is 7.24. The lowest BCUT2D eigenvalue weighted by atomic mass is 9.85. The number of ether oxygens (including phenoxy) is 1. The zero-order valence-electron chi connectivity index (χ0n) is 11.9. The van der Waals surface area contributed by atoms with Gasteiger partial charge in [-0.3, -0.25) is 0 Å². The standard InChI is InChI=1S/C18H21NO/c1-18(12-11-14-7-3-2-4-8-14)13-16(19)15-9-5-6-10-17(15)20-18/h2-10,16H,11-13,19H2,1H3/t16-,18?/m0/s1. The van der Waals surface area contributed by atoms with Gasteiger partial charge in [-0.25, -0.2) is 0 Å². The molecule has 0 aromatic heterocycles. The molecule has 2 aromatic rings. The van der Waals surface area contributed by atoms with Crippen LogP contribution >= 0.6 is 0 Å². The largest absolute Gasteiger partial charge is 0.487 e. The summed E-state index contributed by atoms with van der Waals surface area (Å²) in [4.78, 5) is 0. The van der Waals surface area contributed by atoms with E-state index in [1.54, 1.807) is 0 Å². The van der Waals surface area contributed by atoms with Gasteiger partial charge < -0.3 is 10.5 Å². The second-order valence-electron chi connectivity index (χ2n) is 5.89. The van der Waals surface area contributed by atoms with Gasteiger partial charge in [0.2, 0.25) is 0 Å². The summed E-state index contributed by atoms with van der Waals surface area (Å²) >= 11 is 0. The fourth-order valence-corrected chi connectivity index (χ4v) is 2.97. The molecule has 0 saturated carbocycles. The smallest absolute Gasteiger partial charge is 0.124 e. The number of hydrogen-bond donors (Lipinski definition) is 1. The molecule has 1 unspecified atom stereocenters. The van der Waals surface area contributed by atoms with E-state index in [-0.39, 0.29) is 11.6 Å². The van der Waals surface area contributed by atoms with E-state index in [2.05, 4.69) is 43.3 Å². The predicted molar refractivity (Wildman–Crippen MR) is 81.8 cm³/mol. The molecule has 2 N–H and O–H groups in total. The molecule has 0 saturated heterocycles. The van der Waals surface area contributed by atoms with Crippen molar-refractivity contribution in [2.24, 2.45) is 5.73 Å². The van der Waals surface area contributed by atoms with Crippen molar-refractivity contribution in [1.29, 1.82) is 0 Å². The summed E-state index contributed by atoms with van der Waals surface area (Å²) in [5, 5.41) is 0. The minimum absolute atomic E-state index is 0.0701. The Kier molecular flexibility index (Phi) is 3.49. The summed E-state index contributed by atoms with van der Waals surface area (Å²) in [5.41, 5.74) is 8.61. The first-order valence-electron chi connectivity index (χ1n) is 7.24. The number of rotatable bonds is 3. The molecule has 1 heterocycles. The average molecular weight is 267 g/mol. The van der Waals surface area contributed by atoms with Crippen molar-refractivity contribution >= 4 is 0 Å². The predicted octanol–water partition coefficient (Wildman–Crippen LogP) is 3.86. The van der Waals surface area contributed by atoms with E-state index in [1.165, 1.54) is 5.56 Å². The topological polar surface area (TPSA) is 35.2 Å². The highest BCUT2D eigenvalue weighted by Gasteiger charge is 2.35. The van der Waals surface area contributed by atoms with Gasteiger partial charge >= 0.3 is 0 Å². The minimum atomic E-state index is -0.177. The second kappa shape index (κ2) is 5.29. The first kappa shape index (κ1) is 13.2. The summed E-state index contributed by atoms with van der Waals surface area (Å²) in [6.07, 6.45) is 2.88. The van der Waals surface area contributed by atoms with E-state index in [0.29, 0.717) is 0 Å². The lowest BCUT2D eigenvalue weighted by molar-refractivity contribution is 0.0458. The molecule has 2 aromatic carbocycles. The van der Waals surface area contributed by atoms with E-state index in [4.69, 9.17) is 10.5 Å². The van der Waals surface area contributed by atoms with Gasteiger partial charge in [0.25, 0.3) is 0 Å². The zero-order valence-corrected chi connectivity index (χ0v) is 11.9. The number of fused-ring (bicyclic) bond motifs is 1. The highest BCUT2D eigenvalue weighted by molar-refractivity contribution is 5.38. The third-order valence-electron chi connectivity index (χ3n) is 4.11. The normalized spacial score (nSPS) is 24.8. The number of para-hydroxylation sites is 1. The van der Waals surface area contributed by atoms with Gasteiger partial charge in [-0.15, -0.1) is 0 Å². The average Bonchev–Trinajstić information content (AvgIpc) is 2.46. The van der Waals surface area contributed by atoms with Gasteiger partial charge in [-0.1, -0.05) is 48.5 Å². The Labute approximate surface area is 120 Å². The van der Waals surface area contributed by atoms with Gasteiger partial charge in [-0.05, 0) is 31.4 Å². The minimum Gasteiger partial charge on any atom is -0.487 e. The van der Waals surface area contributed by atoms with Crippen molar-refractivity contribution in [2.45, 2.75) is 37.8 Å². The molecule has 2 atom stereocenters. The molecule has 0 aliphatic carbocycles. The Hall–Kier alpha value is -1.80. The molecule has 104 valence electrons. The molecule has 2 heteroatoms. The third-order valence-corrected chi connectivity index (χ3v) is 4.11. The number of hydrogen-bond acceptors (Lipinski definition) is 2. The molecule has 1 aliphatic heterocycles. The van der Waals surface area contributed by atoms with Crippen molar-refractivity contribution in [3.8, 4) is 5.75 Å². The Morgan fingerprint density at radius 1 is 1.10 bits per heavy atom. The molecular weight excluding hydrogens is 246 g/mol. The van der Waals surface area contributed by atoms with Crippen molar-refractivity contribution in [1.82, 2.24) is 0 Å². The van der Waals surface area contributed by atoms with Crippen LogP contribution in [0.25, 0.3) is 0 Å². The van der Waals surface area contributed by atoms with Crippen LogP contribution in [0, 0.1) is 0 Å². The van der Waals surface area contributed by atoms with Gasteiger partial charge in [0.15, 0.2) is 0 Å². The third kappa shape index (κ3) is 2.70. The fraction of sp³-hybridized carbons (Fsp3) is 0.333. The second-order valence-corrected chi connectivity index (χ2v) is 5.89. The summed E-state index contributed by atoms with van der Waals surface area (Å²) in [5.74, 6) is 0.946. The molecule has 0 bridgehead atoms. The van der Waals surface area contributed by atoms with Crippen molar-refractivity contribution in [3.63, 3.8) is 0 Å². The molecule has 2 nitrogen and oxygen atoms in total. The van der Waals surface area contributed by atoms with Crippen LogP contribution < -0.4 is 10.5 Å². The SMILES string of the molecule is CC1(CCc2ccccc2)C[C@H](N)c2ccccc2O1. The highest BCUT2D eigenvalue weighted by atomic mass is 16.5. The molecule has 3 rings (SSSR count). The van der Waals surface area contributed by atoms with Gasteiger partial charge in [-0.2, -0.15) is 0 Å². The number of aryl methyl sites for hydroxylation is 1. The summed E-state index contributed by atoms with van der Waals surface area (Å²) in [6.45, 7) is 2.17. The van der Waals surface area contributed by atoms with Gasteiger partial charge in [0.1, 0.15) is 11.4 Å². The molecular formula is C18H21NO. The Morgan fingerprint density at radius 3 is 2.60 bits per heavy atom. The van der Waals surface area contributed by atoms with E-state index >= 15 is 0 Å². The first-order chi connectivity index (χ1) is 9.66. The van der Waals surface area contributed by atoms with Crippen LogP contribution in [-0.2, 0) is 6.42 Å². The van der Waals surface area contributed by atoms with Crippen LogP contribution in [0.3, 0.4) is 0 Å². The van der Waals surface area contributed by atoms with Crippen LogP contribution in [0.15, 0.2) is 54.6 Å².